The molecule has 0 fully saturated rings. The van der Waals surface area contributed by atoms with Crippen LogP contribution >= 0.6 is 15.6 Å². The second-order valence-corrected chi connectivity index (χ2v) is 33.8. The fourth-order valence-electron chi connectivity index (χ4n) is 12.7. The van der Waals surface area contributed by atoms with E-state index in [1.54, 1.807) is 0 Å². The quantitative estimate of drug-likeness (QED) is 0.0222. The Bertz CT molecular complexity index is 1960. The standard InChI is InChI=1S/C82H160O17P2/c1-8-9-10-11-12-13-14-15-16-17-18-19-20-21-26-29-36-44-51-58-65-81(86)98-77(69-92-79(84)63-56-49-42-35-28-25-23-22-24-27-32-39-46-53-60-73(2)3)71-96-100(88,89)94-67-76(83)68-95-101(90,91)97-72-78(99-82(87)66-59-52-45-38-31-34-41-48-55-62-75(6)7)70-93-80(85)64-57-50-43-37-30-33-40-47-54-61-74(4)5/h73-78,83H,8-72H2,1-7H3,(H,88,89)(H,90,91)/t76-,77-,78-/m1/s1. The number of unbranched alkanes of at least 4 members (excludes halogenated alkanes) is 48. The first-order chi connectivity index (χ1) is 48.7. The lowest BCUT2D eigenvalue weighted by Crippen LogP contribution is -2.30. The molecule has 0 rings (SSSR count). The zero-order chi connectivity index (χ0) is 74.4. The van der Waals surface area contributed by atoms with Gasteiger partial charge in [0.25, 0.3) is 0 Å². The number of ether oxygens (including phenoxy) is 4. The van der Waals surface area contributed by atoms with Crippen LogP contribution in [0.4, 0.5) is 0 Å². The van der Waals surface area contributed by atoms with Gasteiger partial charge in [0.05, 0.1) is 26.4 Å². The second-order valence-electron chi connectivity index (χ2n) is 30.9. The Morgan fingerprint density at radius 2 is 0.455 bits per heavy atom. The first kappa shape index (κ1) is 99.1. The number of phosphoric ester groups is 2. The summed E-state index contributed by atoms with van der Waals surface area (Å²) in [6.45, 7) is 11.9. The van der Waals surface area contributed by atoms with Crippen LogP contribution in [0, 0.1) is 17.8 Å². The third kappa shape index (κ3) is 76.1. The molecule has 0 saturated heterocycles. The SMILES string of the molecule is CCCCCCCCCCCCCCCCCCCCCCC(=O)O[C@H](COC(=O)CCCCCCCCCCCCCCCCC(C)C)COP(=O)(O)OC[C@@H](O)COP(=O)(O)OC[C@@H](COC(=O)CCCCCCCCCCCC(C)C)OC(=O)CCCCCCCCCCCC(C)C. The summed E-state index contributed by atoms with van der Waals surface area (Å²) in [7, 11) is -9.92. The molecule has 0 aromatic carbocycles. The molecular weight excluding hydrogens is 1320 g/mol. The number of aliphatic hydroxyl groups excluding tert-OH is 1. The zero-order valence-electron chi connectivity index (χ0n) is 66.4. The molecule has 5 atom stereocenters. The first-order valence-corrected chi connectivity index (χ1v) is 45.3. The van der Waals surface area contributed by atoms with Crippen molar-refractivity contribution in [2.45, 2.75) is 446 Å². The number of rotatable bonds is 80. The van der Waals surface area contributed by atoms with E-state index in [9.17, 15) is 43.2 Å². The Balaban J connectivity index is 5.24. The highest BCUT2D eigenvalue weighted by molar-refractivity contribution is 7.47. The molecule has 17 nitrogen and oxygen atoms in total. The van der Waals surface area contributed by atoms with Gasteiger partial charge in [-0.1, -0.05) is 376 Å². The second kappa shape index (κ2) is 72.3. The van der Waals surface area contributed by atoms with Crippen LogP contribution in [0.1, 0.15) is 427 Å². The number of hydrogen-bond acceptors (Lipinski definition) is 15. The molecule has 0 aliphatic heterocycles. The Labute approximate surface area is 619 Å². The van der Waals surface area contributed by atoms with Crippen LogP contribution in [-0.2, 0) is 65.4 Å². The zero-order valence-corrected chi connectivity index (χ0v) is 68.2. The van der Waals surface area contributed by atoms with Crippen LogP contribution in [0.3, 0.4) is 0 Å². The number of aliphatic hydroxyl groups is 1. The van der Waals surface area contributed by atoms with Gasteiger partial charge in [0.15, 0.2) is 12.2 Å². The average molecular weight is 1480 g/mol. The predicted octanol–water partition coefficient (Wildman–Crippen LogP) is 24.5. The van der Waals surface area contributed by atoms with Crippen LogP contribution in [-0.4, -0.2) is 96.7 Å². The Morgan fingerprint density at radius 1 is 0.267 bits per heavy atom. The minimum atomic E-state index is -4.96. The van der Waals surface area contributed by atoms with E-state index in [4.69, 9.17) is 37.0 Å². The maximum absolute atomic E-state index is 13.1. The lowest BCUT2D eigenvalue weighted by atomic mass is 10.0. The van der Waals surface area contributed by atoms with Crippen LogP contribution in [0.5, 0.6) is 0 Å². The highest BCUT2D eigenvalue weighted by Gasteiger charge is 2.30. The molecule has 19 heteroatoms. The van der Waals surface area contributed by atoms with Crippen molar-refractivity contribution in [3.05, 3.63) is 0 Å². The summed E-state index contributed by atoms with van der Waals surface area (Å²) < 4.78 is 68.8. The van der Waals surface area contributed by atoms with Gasteiger partial charge in [-0.05, 0) is 43.4 Å². The smallest absolute Gasteiger partial charge is 0.462 e. The van der Waals surface area contributed by atoms with Crippen molar-refractivity contribution in [3.63, 3.8) is 0 Å². The molecule has 600 valence electrons. The van der Waals surface area contributed by atoms with Gasteiger partial charge in [0.1, 0.15) is 19.3 Å². The minimum absolute atomic E-state index is 0.105. The maximum Gasteiger partial charge on any atom is 0.472 e. The van der Waals surface area contributed by atoms with Crippen LogP contribution in [0.2, 0.25) is 0 Å². The molecule has 0 aromatic rings. The lowest BCUT2D eigenvalue weighted by Gasteiger charge is -2.21. The van der Waals surface area contributed by atoms with Crippen molar-refractivity contribution in [1.82, 2.24) is 0 Å². The van der Waals surface area contributed by atoms with E-state index >= 15 is 0 Å². The molecule has 0 heterocycles. The number of hydrogen-bond donors (Lipinski definition) is 3. The van der Waals surface area contributed by atoms with Crippen molar-refractivity contribution in [2.75, 3.05) is 39.6 Å². The molecular formula is C82H160O17P2. The molecule has 0 aromatic heterocycles. The van der Waals surface area contributed by atoms with Crippen molar-refractivity contribution < 1.29 is 80.2 Å². The van der Waals surface area contributed by atoms with Crippen LogP contribution in [0.25, 0.3) is 0 Å². The van der Waals surface area contributed by atoms with Gasteiger partial charge in [0, 0.05) is 25.7 Å². The van der Waals surface area contributed by atoms with Crippen LogP contribution < -0.4 is 0 Å². The molecule has 0 aliphatic carbocycles. The summed E-state index contributed by atoms with van der Waals surface area (Å²) in [5.41, 5.74) is 0. The van der Waals surface area contributed by atoms with Crippen LogP contribution in [0.15, 0.2) is 0 Å². The largest absolute Gasteiger partial charge is 0.472 e. The van der Waals surface area contributed by atoms with Gasteiger partial charge in [-0.25, -0.2) is 9.13 Å². The Hall–Kier alpha value is -1.94. The Kier molecular flexibility index (Phi) is 70.9. The van der Waals surface area contributed by atoms with Gasteiger partial charge in [-0.3, -0.25) is 37.3 Å². The molecule has 0 saturated carbocycles. The van der Waals surface area contributed by atoms with E-state index in [-0.39, 0.29) is 25.7 Å². The average Bonchev–Trinajstić information content (AvgIpc) is 3.55. The summed E-state index contributed by atoms with van der Waals surface area (Å²) in [5.74, 6) is 0.168. The monoisotopic (exact) mass is 1480 g/mol. The topological polar surface area (TPSA) is 237 Å². The number of carbonyl (C=O) groups excluding carboxylic acids is 4. The van der Waals surface area contributed by atoms with Gasteiger partial charge in [-0.15, -0.1) is 0 Å². The van der Waals surface area contributed by atoms with Crippen molar-refractivity contribution in [3.8, 4) is 0 Å². The molecule has 3 N–H and O–H groups in total. The number of esters is 4. The molecule has 0 aliphatic rings. The summed E-state index contributed by atoms with van der Waals surface area (Å²) in [5, 5.41) is 10.6. The Morgan fingerprint density at radius 3 is 0.673 bits per heavy atom. The van der Waals surface area contributed by atoms with Crippen molar-refractivity contribution in [2.24, 2.45) is 17.8 Å². The van der Waals surface area contributed by atoms with E-state index in [2.05, 4.69) is 48.5 Å². The lowest BCUT2D eigenvalue weighted by molar-refractivity contribution is -0.161. The van der Waals surface area contributed by atoms with Gasteiger partial charge < -0.3 is 33.8 Å². The molecule has 2 unspecified atom stereocenters. The van der Waals surface area contributed by atoms with Gasteiger partial charge in [0.2, 0.25) is 0 Å². The third-order valence-electron chi connectivity index (χ3n) is 19.1. The number of carbonyl (C=O) groups is 4. The molecule has 0 spiro atoms. The van der Waals surface area contributed by atoms with Crippen molar-refractivity contribution in [1.29, 1.82) is 0 Å². The molecule has 0 radical (unpaired) electrons. The predicted molar refractivity (Wildman–Crippen MR) is 414 cm³/mol. The van der Waals surface area contributed by atoms with Gasteiger partial charge in [-0.2, -0.15) is 0 Å². The van der Waals surface area contributed by atoms with Gasteiger partial charge >= 0.3 is 39.5 Å². The van der Waals surface area contributed by atoms with Crippen molar-refractivity contribution >= 4 is 39.5 Å². The fraction of sp³-hybridized carbons (Fsp3) is 0.951. The van der Waals surface area contributed by atoms with E-state index in [1.807, 2.05) is 0 Å². The summed E-state index contributed by atoms with van der Waals surface area (Å²) in [4.78, 5) is 73.1. The summed E-state index contributed by atoms with van der Waals surface area (Å²) >= 11 is 0. The van der Waals surface area contributed by atoms with E-state index in [1.165, 1.54) is 238 Å². The molecule has 0 amide bonds. The first-order valence-electron chi connectivity index (χ1n) is 42.3. The normalized spacial score (nSPS) is 14.0. The maximum atomic E-state index is 13.1. The summed E-state index contributed by atoms with van der Waals surface area (Å²) in [6.07, 6.45) is 61.1. The number of phosphoric acid groups is 2. The molecule has 101 heavy (non-hydrogen) atoms. The summed E-state index contributed by atoms with van der Waals surface area (Å²) in [6, 6.07) is 0. The minimum Gasteiger partial charge on any atom is -0.462 e. The van der Waals surface area contributed by atoms with E-state index in [0.717, 1.165) is 108 Å². The van der Waals surface area contributed by atoms with E-state index < -0.39 is 97.5 Å². The highest BCUT2D eigenvalue weighted by Crippen LogP contribution is 2.45. The molecule has 0 bridgehead atoms. The highest BCUT2D eigenvalue weighted by atomic mass is 31.2. The third-order valence-corrected chi connectivity index (χ3v) is 21.0. The fourth-order valence-corrected chi connectivity index (χ4v) is 14.2. The van der Waals surface area contributed by atoms with E-state index in [0.29, 0.717) is 25.7 Å².